The van der Waals surface area contributed by atoms with E-state index in [0.717, 1.165) is 32.5 Å². The molecule has 6 heteroatoms. The predicted molar refractivity (Wildman–Crippen MR) is 96.8 cm³/mol. The van der Waals surface area contributed by atoms with Crippen LogP contribution in [-0.4, -0.2) is 47.4 Å². The number of carbonyl (C=O) groups is 2. The number of rotatable bonds is 5. The lowest BCUT2D eigenvalue weighted by molar-refractivity contribution is -0.119. The number of nitrogens with one attached hydrogen (secondary N) is 1. The molecule has 0 spiro atoms. The van der Waals surface area contributed by atoms with Crippen molar-refractivity contribution in [1.82, 2.24) is 15.2 Å². The summed E-state index contributed by atoms with van der Waals surface area (Å²) in [5.74, 6) is 0.606. The molecule has 2 amide bonds. The number of aromatic nitrogens is 1. The van der Waals surface area contributed by atoms with Crippen LogP contribution in [0.4, 0.5) is 5.82 Å². The third-order valence-electron chi connectivity index (χ3n) is 4.96. The molecule has 0 aromatic carbocycles. The number of hydrogen-bond donors (Lipinski definition) is 1. The summed E-state index contributed by atoms with van der Waals surface area (Å²) in [6.07, 6.45) is 6.86. The third kappa shape index (κ3) is 3.96. The molecule has 4 rings (SSSR count). The normalized spacial score (nSPS) is 25.3. The SMILES string of the molecule is C=C/C(=C\N(C(C)=O)c1ccccn1)C(=O)NC1CN2CCC1CC2. The Morgan fingerprint density at radius 1 is 1.36 bits per heavy atom. The van der Waals surface area contributed by atoms with Crippen molar-refractivity contribution in [3.8, 4) is 0 Å². The summed E-state index contributed by atoms with van der Waals surface area (Å²) < 4.78 is 0. The molecule has 0 saturated carbocycles. The smallest absolute Gasteiger partial charge is 0.253 e. The van der Waals surface area contributed by atoms with Crippen molar-refractivity contribution < 1.29 is 9.59 Å². The van der Waals surface area contributed by atoms with Gasteiger partial charge in [-0.25, -0.2) is 4.98 Å². The zero-order valence-electron chi connectivity index (χ0n) is 14.5. The van der Waals surface area contributed by atoms with Crippen LogP contribution in [0.25, 0.3) is 0 Å². The third-order valence-corrected chi connectivity index (χ3v) is 4.96. The number of pyridine rings is 1. The Labute approximate surface area is 148 Å². The minimum absolute atomic E-state index is 0.166. The first-order valence-electron chi connectivity index (χ1n) is 8.67. The Morgan fingerprint density at radius 2 is 2.12 bits per heavy atom. The number of carbonyl (C=O) groups excluding carboxylic acids is 2. The fourth-order valence-corrected chi connectivity index (χ4v) is 3.54. The Balaban J connectivity index is 1.75. The molecule has 4 heterocycles. The molecule has 0 radical (unpaired) electrons. The first-order valence-corrected chi connectivity index (χ1v) is 8.67. The van der Waals surface area contributed by atoms with E-state index >= 15 is 0 Å². The topological polar surface area (TPSA) is 65.5 Å². The standard InChI is InChI=1S/C19H24N4O2/c1-3-15(12-23(14(2)24)18-6-4-5-9-20-18)19(25)21-17-13-22-10-7-16(17)8-11-22/h3-6,9,12,16-17H,1,7-8,10-11,13H2,2H3,(H,21,25)/b15-12+. The summed E-state index contributed by atoms with van der Waals surface area (Å²) in [4.78, 5) is 32.6. The van der Waals surface area contributed by atoms with Crippen LogP contribution < -0.4 is 10.2 Å². The molecule has 3 aliphatic rings. The lowest BCUT2D eigenvalue weighted by Gasteiger charge is -2.45. The first-order chi connectivity index (χ1) is 12.1. The van der Waals surface area contributed by atoms with Gasteiger partial charge in [-0.2, -0.15) is 0 Å². The Morgan fingerprint density at radius 3 is 2.64 bits per heavy atom. The molecule has 1 aromatic rings. The van der Waals surface area contributed by atoms with Crippen molar-refractivity contribution in [2.75, 3.05) is 24.5 Å². The van der Waals surface area contributed by atoms with Crippen LogP contribution in [-0.2, 0) is 9.59 Å². The fourth-order valence-electron chi connectivity index (χ4n) is 3.54. The van der Waals surface area contributed by atoms with Crippen molar-refractivity contribution in [3.05, 3.63) is 48.8 Å². The summed E-state index contributed by atoms with van der Waals surface area (Å²) in [6, 6.07) is 5.47. The molecule has 25 heavy (non-hydrogen) atoms. The maximum Gasteiger partial charge on any atom is 0.253 e. The van der Waals surface area contributed by atoms with Gasteiger partial charge in [0.2, 0.25) is 5.91 Å². The molecule has 1 N–H and O–H groups in total. The molecule has 3 aliphatic heterocycles. The monoisotopic (exact) mass is 340 g/mol. The maximum atomic E-state index is 12.7. The van der Waals surface area contributed by atoms with Gasteiger partial charge in [-0.1, -0.05) is 18.7 Å². The molecule has 2 bridgehead atoms. The van der Waals surface area contributed by atoms with Gasteiger partial charge in [0, 0.05) is 31.9 Å². The number of fused-ring (bicyclic) bond motifs is 3. The largest absolute Gasteiger partial charge is 0.348 e. The minimum atomic E-state index is -0.214. The van der Waals surface area contributed by atoms with E-state index in [1.807, 2.05) is 0 Å². The molecule has 1 aromatic heterocycles. The Bertz CT molecular complexity index is 678. The molecule has 3 saturated heterocycles. The molecular formula is C19H24N4O2. The zero-order chi connectivity index (χ0) is 17.8. The van der Waals surface area contributed by atoms with E-state index in [-0.39, 0.29) is 17.9 Å². The number of amides is 2. The van der Waals surface area contributed by atoms with Gasteiger partial charge in [0.1, 0.15) is 5.82 Å². The average molecular weight is 340 g/mol. The second kappa shape index (κ2) is 7.61. The second-order valence-electron chi connectivity index (χ2n) is 6.58. The van der Waals surface area contributed by atoms with Crippen LogP contribution in [0.15, 0.2) is 48.8 Å². The highest BCUT2D eigenvalue weighted by Crippen LogP contribution is 2.27. The highest BCUT2D eigenvalue weighted by Gasteiger charge is 2.35. The lowest BCUT2D eigenvalue weighted by atomic mass is 9.84. The van der Waals surface area contributed by atoms with Gasteiger partial charge in [-0.3, -0.25) is 14.5 Å². The van der Waals surface area contributed by atoms with E-state index in [0.29, 0.717) is 17.3 Å². The van der Waals surface area contributed by atoms with E-state index in [9.17, 15) is 9.59 Å². The molecule has 0 aliphatic carbocycles. The summed E-state index contributed by atoms with van der Waals surface area (Å²) in [7, 11) is 0. The first kappa shape index (κ1) is 17.4. The van der Waals surface area contributed by atoms with Crippen LogP contribution in [0.5, 0.6) is 0 Å². The quantitative estimate of drug-likeness (QED) is 0.655. The van der Waals surface area contributed by atoms with Crippen LogP contribution in [0.1, 0.15) is 19.8 Å². The number of nitrogens with zero attached hydrogens (tertiary/aromatic N) is 3. The molecular weight excluding hydrogens is 316 g/mol. The number of hydrogen-bond acceptors (Lipinski definition) is 4. The Kier molecular flexibility index (Phi) is 5.28. The van der Waals surface area contributed by atoms with Crippen molar-refractivity contribution >= 4 is 17.6 Å². The minimum Gasteiger partial charge on any atom is -0.348 e. The summed E-state index contributed by atoms with van der Waals surface area (Å²) in [5, 5.41) is 3.12. The zero-order valence-corrected chi connectivity index (χ0v) is 14.5. The molecule has 6 nitrogen and oxygen atoms in total. The molecule has 1 unspecified atom stereocenters. The van der Waals surface area contributed by atoms with Crippen LogP contribution in [0, 0.1) is 5.92 Å². The molecule has 3 fully saturated rings. The summed E-state index contributed by atoms with van der Waals surface area (Å²) >= 11 is 0. The lowest BCUT2D eigenvalue weighted by Crippen LogP contribution is -2.57. The van der Waals surface area contributed by atoms with E-state index in [1.54, 1.807) is 24.4 Å². The fraction of sp³-hybridized carbons (Fsp3) is 0.421. The maximum absolute atomic E-state index is 12.7. The molecule has 1 atom stereocenters. The van der Waals surface area contributed by atoms with E-state index in [2.05, 4.69) is 21.8 Å². The number of piperidine rings is 3. The Hall–Kier alpha value is -2.47. The van der Waals surface area contributed by atoms with Gasteiger partial charge < -0.3 is 10.2 Å². The van der Waals surface area contributed by atoms with Crippen molar-refractivity contribution in [1.29, 1.82) is 0 Å². The van der Waals surface area contributed by atoms with E-state index < -0.39 is 0 Å². The predicted octanol–water partition coefficient (Wildman–Crippen LogP) is 1.71. The van der Waals surface area contributed by atoms with Crippen LogP contribution in [0.2, 0.25) is 0 Å². The van der Waals surface area contributed by atoms with Crippen molar-refractivity contribution in [3.63, 3.8) is 0 Å². The van der Waals surface area contributed by atoms with Crippen molar-refractivity contribution in [2.24, 2.45) is 5.92 Å². The van der Waals surface area contributed by atoms with Gasteiger partial charge in [-0.05, 0) is 44.0 Å². The summed E-state index contributed by atoms with van der Waals surface area (Å²) in [6.45, 7) is 8.32. The highest BCUT2D eigenvalue weighted by molar-refractivity contribution is 6.00. The highest BCUT2D eigenvalue weighted by atomic mass is 16.2. The number of anilines is 1. The van der Waals surface area contributed by atoms with Crippen LogP contribution >= 0.6 is 0 Å². The van der Waals surface area contributed by atoms with E-state index in [4.69, 9.17) is 0 Å². The van der Waals surface area contributed by atoms with Gasteiger partial charge in [0.05, 0.1) is 5.57 Å². The second-order valence-corrected chi connectivity index (χ2v) is 6.58. The van der Waals surface area contributed by atoms with Gasteiger partial charge >= 0.3 is 0 Å². The molecule has 132 valence electrons. The van der Waals surface area contributed by atoms with Crippen LogP contribution in [0.3, 0.4) is 0 Å². The summed E-state index contributed by atoms with van der Waals surface area (Å²) in [5.41, 5.74) is 0.359. The van der Waals surface area contributed by atoms with Crippen molar-refractivity contribution in [2.45, 2.75) is 25.8 Å². The van der Waals surface area contributed by atoms with Gasteiger partial charge in [0.15, 0.2) is 0 Å². The van der Waals surface area contributed by atoms with Gasteiger partial charge in [0.25, 0.3) is 5.91 Å². The van der Waals surface area contributed by atoms with Gasteiger partial charge in [-0.15, -0.1) is 0 Å². The average Bonchev–Trinajstić information content (AvgIpc) is 2.64. The van der Waals surface area contributed by atoms with E-state index in [1.165, 1.54) is 24.1 Å².